The Balaban J connectivity index is 0.00000115. The zero-order valence-electron chi connectivity index (χ0n) is 21.6. The fraction of sp³-hybridized carbons (Fsp3) is 0.536. The van der Waals surface area contributed by atoms with Crippen LogP contribution in [0.3, 0.4) is 0 Å². The van der Waals surface area contributed by atoms with Crippen molar-refractivity contribution in [2.45, 2.75) is 57.1 Å². The van der Waals surface area contributed by atoms with Gasteiger partial charge < -0.3 is 24.8 Å². The number of pyridine rings is 1. The van der Waals surface area contributed by atoms with Crippen LogP contribution in [0.1, 0.15) is 44.1 Å². The van der Waals surface area contributed by atoms with Gasteiger partial charge in [-0.05, 0) is 82.8 Å². The molecule has 0 spiro atoms. The van der Waals surface area contributed by atoms with Crippen molar-refractivity contribution >= 4 is 12.4 Å². The predicted molar refractivity (Wildman–Crippen MR) is 139 cm³/mol. The molecule has 2 N–H and O–H groups in total. The topological polar surface area (TPSA) is 101 Å². The minimum absolute atomic E-state index is 0.203. The molecule has 36 heavy (non-hydrogen) atoms. The number of hydrogen-bond donors (Lipinski definition) is 2. The highest BCUT2D eigenvalue weighted by Gasteiger charge is 2.42. The Morgan fingerprint density at radius 1 is 1.17 bits per heavy atom. The monoisotopic (exact) mass is 497 g/mol. The summed E-state index contributed by atoms with van der Waals surface area (Å²) < 4.78 is 11.2. The Morgan fingerprint density at radius 2 is 1.83 bits per heavy atom. The molecule has 1 aliphatic heterocycles. The number of methoxy groups -OCH3 is 2. The van der Waals surface area contributed by atoms with Crippen LogP contribution in [0.5, 0.6) is 5.75 Å². The maximum Gasteiger partial charge on any atom is 0.290 e. The number of carbonyl (C=O) groups is 2. The molecular weight excluding hydrogens is 458 g/mol. The highest BCUT2D eigenvalue weighted by Crippen LogP contribution is 2.41. The van der Waals surface area contributed by atoms with E-state index in [2.05, 4.69) is 28.3 Å². The van der Waals surface area contributed by atoms with E-state index in [4.69, 9.17) is 19.4 Å². The van der Waals surface area contributed by atoms with Crippen molar-refractivity contribution < 1.29 is 24.2 Å². The van der Waals surface area contributed by atoms with Gasteiger partial charge in [0, 0.05) is 36.7 Å². The third-order valence-electron chi connectivity index (χ3n) is 7.51. The van der Waals surface area contributed by atoms with Gasteiger partial charge in [-0.3, -0.25) is 14.6 Å². The number of benzene rings is 1. The summed E-state index contributed by atoms with van der Waals surface area (Å²) in [7, 11) is 5.61. The van der Waals surface area contributed by atoms with Crippen LogP contribution in [-0.4, -0.2) is 73.9 Å². The van der Waals surface area contributed by atoms with E-state index < -0.39 is 5.41 Å². The highest BCUT2D eigenvalue weighted by molar-refractivity contribution is 5.83. The smallest absolute Gasteiger partial charge is 0.290 e. The number of ether oxygens (including phenoxy) is 2. The molecule has 0 radical (unpaired) electrons. The van der Waals surface area contributed by atoms with Gasteiger partial charge in [-0.25, -0.2) is 0 Å². The van der Waals surface area contributed by atoms with Crippen molar-refractivity contribution in [1.29, 1.82) is 0 Å². The standard InChI is InChI=1S/C27H37N3O3.CH2O2/c1-30-14-10-22(11-15-30)29-26(31)27(12-8-23(32-2)9-13-27)17-20-16-21(19-28-18-20)24-6-4-5-7-25(24)33-3;2-1-3/h4-7,16,18-19,22-23H,8-15,17H2,1-3H3,(H,29,31);1H,(H,2,3). The zero-order chi connectivity index (χ0) is 26.0. The van der Waals surface area contributed by atoms with Gasteiger partial charge in [-0.15, -0.1) is 0 Å². The maximum absolute atomic E-state index is 13.7. The first-order valence-corrected chi connectivity index (χ1v) is 12.6. The zero-order valence-corrected chi connectivity index (χ0v) is 21.6. The second-order valence-electron chi connectivity index (χ2n) is 9.83. The number of aromatic nitrogens is 1. The summed E-state index contributed by atoms with van der Waals surface area (Å²) in [6.45, 7) is 1.82. The SMILES string of the molecule is COc1ccccc1-c1cncc(CC2(C(=O)NC3CCN(C)CC3)CCC(OC)CC2)c1.O=CO. The van der Waals surface area contributed by atoms with Gasteiger partial charge in [-0.1, -0.05) is 18.2 Å². The first kappa shape index (κ1) is 27.6. The predicted octanol–water partition coefficient (Wildman–Crippen LogP) is 3.79. The maximum atomic E-state index is 13.7. The summed E-state index contributed by atoms with van der Waals surface area (Å²) >= 11 is 0. The van der Waals surface area contributed by atoms with Gasteiger partial charge in [0.25, 0.3) is 6.47 Å². The summed E-state index contributed by atoms with van der Waals surface area (Å²) in [5.41, 5.74) is 2.70. The molecule has 2 heterocycles. The minimum Gasteiger partial charge on any atom is -0.496 e. The Hall–Kier alpha value is -2.97. The van der Waals surface area contributed by atoms with Crippen LogP contribution in [0.4, 0.5) is 0 Å². The summed E-state index contributed by atoms with van der Waals surface area (Å²) in [6, 6.07) is 10.4. The number of likely N-dealkylation sites (tertiary alicyclic amines) is 1. The fourth-order valence-electron chi connectivity index (χ4n) is 5.36. The van der Waals surface area contributed by atoms with E-state index in [1.807, 2.05) is 36.7 Å². The molecule has 1 saturated heterocycles. The normalized spacial score (nSPS) is 22.7. The van der Waals surface area contributed by atoms with Gasteiger partial charge in [-0.2, -0.15) is 0 Å². The van der Waals surface area contributed by atoms with Crippen molar-refractivity contribution in [1.82, 2.24) is 15.2 Å². The van der Waals surface area contributed by atoms with E-state index in [1.54, 1.807) is 14.2 Å². The summed E-state index contributed by atoms with van der Waals surface area (Å²) in [4.78, 5) is 28.9. The molecule has 8 heteroatoms. The summed E-state index contributed by atoms with van der Waals surface area (Å²) in [5.74, 6) is 1.03. The number of nitrogens with zero attached hydrogens (tertiary/aromatic N) is 2. The lowest BCUT2D eigenvalue weighted by atomic mass is 9.68. The lowest BCUT2D eigenvalue weighted by Gasteiger charge is -2.40. The third-order valence-corrected chi connectivity index (χ3v) is 7.51. The number of carbonyl (C=O) groups excluding carboxylic acids is 1. The largest absolute Gasteiger partial charge is 0.496 e. The molecule has 4 rings (SSSR count). The van der Waals surface area contributed by atoms with Gasteiger partial charge in [0.05, 0.1) is 18.6 Å². The number of piperidine rings is 1. The average molecular weight is 498 g/mol. The first-order chi connectivity index (χ1) is 17.4. The Kier molecular flexibility index (Phi) is 10.3. The second-order valence-corrected chi connectivity index (χ2v) is 9.83. The van der Waals surface area contributed by atoms with Crippen LogP contribution in [-0.2, 0) is 20.7 Å². The van der Waals surface area contributed by atoms with E-state index in [-0.39, 0.29) is 24.5 Å². The number of nitrogens with one attached hydrogen (secondary N) is 1. The quantitative estimate of drug-likeness (QED) is 0.562. The van der Waals surface area contributed by atoms with Crippen molar-refractivity contribution in [2.75, 3.05) is 34.4 Å². The molecule has 2 aliphatic rings. The third kappa shape index (κ3) is 7.04. The molecule has 8 nitrogen and oxygen atoms in total. The van der Waals surface area contributed by atoms with E-state index in [9.17, 15) is 4.79 Å². The number of amides is 1. The molecule has 2 aromatic rings. The fourth-order valence-corrected chi connectivity index (χ4v) is 5.36. The molecule has 1 amide bonds. The molecule has 196 valence electrons. The molecule has 0 unspecified atom stereocenters. The number of carboxylic acid groups (broad SMARTS) is 1. The Bertz CT molecular complexity index is 983. The number of rotatable bonds is 7. The molecule has 1 aliphatic carbocycles. The van der Waals surface area contributed by atoms with Crippen molar-refractivity contribution in [3.05, 3.63) is 48.3 Å². The second kappa shape index (κ2) is 13.4. The number of hydrogen-bond acceptors (Lipinski definition) is 6. The highest BCUT2D eigenvalue weighted by atomic mass is 16.5. The molecule has 1 saturated carbocycles. The van der Waals surface area contributed by atoms with Crippen LogP contribution in [0.25, 0.3) is 11.1 Å². The van der Waals surface area contributed by atoms with Crippen LogP contribution in [0, 0.1) is 5.41 Å². The van der Waals surface area contributed by atoms with Crippen molar-refractivity contribution in [3.63, 3.8) is 0 Å². The molecule has 0 atom stereocenters. The van der Waals surface area contributed by atoms with Gasteiger partial charge in [0.1, 0.15) is 5.75 Å². The van der Waals surface area contributed by atoms with Crippen LogP contribution in [0.15, 0.2) is 42.7 Å². The molecule has 1 aromatic carbocycles. The van der Waals surface area contributed by atoms with E-state index in [0.717, 1.165) is 74.1 Å². The van der Waals surface area contributed by atoms with Gasteiger partial charge in [0.2, 0.25) is 5.91 Å². The molecular formula is C28H39N3O5. The van der Waals surface area contributed by atoms with E-state index >= 15 is 0 Å². The van der Waals surface area contributed by atoms with Crippen LogP contribution in [0.2, 0.25) is 0 Å². The lowest BCUT2D eigenvalue weighted by Crippen LogP contribution is -2.51. The van der Waals surface area contributed by atoms with Gasteiger partial charge >= 0.3 is 0 Å². The van der Waals surface area contributed by atoms with Crippen LogP contribution >= 0.6 is 0 Å². The van der Waals surface area contributed by atoms with Crippen LogP contribution < -0.4 is 10.1 Å². The van der Waals surface area contributed by atoms with Gasteiger partial charge in [0.15, 0.2) is 0 Å². The molecule has 0 bridgehead atoms. The van der Waals surface area contributed by atoms with E-state index in [1.165, 1.54) is 0 Å². The molecule has 1 aromatic heterocycles. The van der Waals surface area contributed by atoms with E-state index in [0.29, 0.717) is 6.42 Å². The average Bonchev–Trinajstić information content (AvgIpc) is 2.91. The first-order valence-electron chi connectivity index (χ1n) is 12.6. The summed E-state index contributed by atoms with van der Waals surface area (Å²) in [5, 5.41) is 10.3. The minimum atomic E-state index is -0.417. The Morgan fingerprint density at radius 3 is 2.47 bits per heavy atom. The lowest BCUT2D eigenvalue weighted by molar-refractivity contribution is -0.135. The Labute approximate surface area is 214 Å². The molecule has 2 fully saturated rings. The summed E-state index contributed by atoms with van der Waals surface area (Å²) in [6.07, 6.45) is 10.2. The van der Waals surface area contributed by atoms with Crippen molar-refractivity contribution in [2.24, 2.45) is 5.41 Å². The number of para-hydroxylation sites is 1. The van der Waals surface area contributed by atoms with Crippen molar-refractivity contribution in [3.8, 4) is 16.9 Å².